The molecule has 0 bridgehead atoms. The lowest BCUT2D eigenvalue weighted by Gasteiger charge is -2.32. The lowest BCUT2D eigenvalue weighted by Crippen LogP contribution is -2.42. The Morgan fingerprint density at radius 3 is 2.58 bits per heavy atom. The van der Waals surface area contributed by atoms with Gasteiger partial charge >= 0.3 is 6.18 Å². The fraction of sp³-hybridized carbons (Fsp3) is 0.625. The highest BCUT2D eigenvalue weighted by Gasteiger charge is 2.47. The van der Waals surface area contributed by atoms with E-state index in [0.717, 1.165) is 39.3 Å². The third kappa shape index (κ3) is 3.19. The van der Waals surface area contributed by atoms with E-state index in [9.17, 15) is 18.0 Å². The van der Waals surface area contributed by atoms with Crippen molar-refractivity contribution in [1.29, 1.82) is 0 Å². The van der Waals surface area contributed by atoms with E-state index >= 15 is 0 Å². The van der Waals surface area contributed by atoms with Gasteiger partial charge in [0, 0.05) is 12.6 Å². The van der Waals surface area contributed by atoms with Crippen molar-refractivity contribution in [3.63, 3.8) is 0 Å². The highest BCUT2D eigenvalue weighted by atomic mass is 19.4. The maximum Gasteiger partial charge on any atom is 0.425 e. The van der Waals surface area contributed by atoms with Crippen molar-refractivity contribution >= 4 is 11.6 Å². The number of anilines is 1. The minimum absolute atomic E-state index is 0.0862. The van der Waals surface area contributed by atoms with Gasteiger partial charge in [-0.2, -0.15) is 13.2 Å². The monoisotopic (exact) mass is 343 g/mol. The third-order valence-corrected chi connectivity index (χ3v) is 4.86. The first-order valence-electron chi connectivity index (χ1n) is 8.04. The molecular weight excluding hydrogens is 323 g/mol. The van der Waals surface area contributed by atoms with E-state index in [-0.39, 0.29) is 17.2 Å². The molecule has 1 amide bonds. The zero-order valence-corrected chi connectivity index (χ0v) is 13.4. The zero-order valence-electron chi connectivity index (χ0n) is 13.4. The predicted octanol–water partition coefficient (Wildman–Crippen LogP) is 2.52. The number of amides is 1. The normalized spacial score (nSPS) is 22.0. The molecule has 1 spiro atoms. The van der Waals surface area contributed by atoms with Crippen molar-refractivity contribution < 1.29 is 22.7 Å². The zero-order chi connectivity index (χ0) is 17.4. The van der Waals surface area contributed by atoms with Crippen LogP contribution in [0.1, 0.15) is 26.2 Å². The van der Waals surface area contributed by atoms with Crippen molar-refractivity contribution in [2.24, 2.45) is 5.41 Å². The maximum atomic E-state index is 12.8. The van der Waals surface area contributed by atoms with E-state index in [1.54, 1.807) is 11.0 Å². The molecule has 5 nitrogen and oxygen atoms in total. The average Bonchev–Trinajstić information content (AvgIpc) is 2.85. The number of pyridine rings is 1. The molecule has 2 fully saturated rings. The molecule has 0 saturated carbocycles. The van der Waals surface area contributed by atoms with Crippen molar-refractivity contribution in [2.45, 2.75) is 38.5 Å². The lowest BCUT2D eigenvalue weighted by molar-refractivity contribution is -0.189. The molecular formula is C16H20F3N3O2. The van der Waals surface area contributed by atoms with Crippen LogP contribution in [0, 0.1) is 5.41 Å². The number of alkyl halides is 3. The second-order valence-corrected chi connectivity index (χ2v) is 6.39. The summed E-state index contributed by atoms with van der Waals surface area (Å²) in [4.78, 5) is 18.4. The van der Waals surface area contributed by atoms with E-state index in [0.29, 0.717) is 12.2 Å². The number of halogens is 3. The molecule has 2 saturated heterocycles. The summed E-state index contributed by atoms with van der Waals surface area (Å²) in [7, 11) is 0. The highest BCUT2D eigenvalue weighted by Crippen LogP contribution is 2.41. The average molecular weight is 343 g/mol. The van der Waals surface area contributed by atoms with Crippen LogP contribution in [0.4, 0.5) is 18.9 Å². The molecule has 3 heterocycles. The van der Waals surface area contributed by atoms with Crippen LogP contribution in [0.25, 0.3) is 0 Å². The van der Waals surface area contributed by atoms with Crippen LogP contribution < -0.4 is 15.0 Å². The van der Waals surface area contributed by atoms with E-state index < -0.39 is 12.3 Å². The number of piperidine rings is 1. The first-order chi connectivity index (χ1) is 11.3. The molecule has 1 aromatic heterocycles. The van der Waals surface area contributed by atoms with Crippen LogP contribution >= 0.6 is 0 Å². The Labute approximate surface area is 138 Å². The first kappa shape index (κ1) is 17.0. The summed E-state index contributed by atoms with van der Waals surface area (Å²) in [6, 6.07) is 2.96. The summed E-state index contributed by atoms with van der Waals surface area (Å²) in [6.07, 6.45) is -2.53. The van der Waals surface area contributed by atoms with Gasteiger partial charge in [-0.25, -0.2) is 4.98 Å². The summed E-state index contributed by atoms with van der Waals surface area (Å²) in [5.41, 5.74) is 0.299. The number of aromatic nitrogens is 1. The third-order valence-electron chi connectivity index (χ3n) is 4.86. The van der Waals surface area contributed by atoms with Crippen LogP contribution in [0.5, 0.6) is 5.88 Å². The maximum absolute atomic E-state index is 12.8. The topological polar surface area (TPSA) is 54.5 Å². The summed E-state index contributed by atoms with van der Waals surface area (Å²) >= 11 is 0. The minimum Gasteiger partial charge on any atom is -0.465 e. The van der Waals surface area contributed by atoms with Gasteiger partial charge < -0.3 is 15.0 Å². The van der Waals surface area contributed by atoms with Gasteiger partial charge in [0.1, 0.15) is 0 Å². The minimum atomic E-state index is -4.44. The summed E-state index contributed by atoms with van der Waals surface area (Å²) in [5, 5.41) is 3.26. The van der Waals surface area contributed by atoms with Crippen LogP contribution in [-0.2, 0) is 4.79 Å². The predicted molar refractivity (Wildman–Crippen MR) is 81.9 cm³/mol. The smallest absolute Gasteiger partial charge is 0.425 e. The van der Waals surface area contributed by atoms with Crippen molar-refractivity contribution in [2.75, 3.05) is 24.5 Å². The lowest BCUT2D eigenvalue weighted by atomic mass is 9.78. The molecule has 2 aliphatic rings. The van der Waals surface area contributed by atoms with Crippen LogP contribution in [0.15, 0.2) is 18.3 Å². The van der Waals surface area contributed by atoms with Crippen LogP contribution in [-0.4, -0.2) is 42.8 Å². The van der Waals surface area contributed by atoms with Gasteiger partial charge in [0.05, 0.1) is 17.3 Å². The number of hydrogen-bond donors (Lipinski definition) is 1. The van der Waals surface area contributed by atoms with Crippen LogP contribution in [0.2, 0.25) is 0 Å². The molecule has 2 aliphatic heterocycles. The molecule has 1 aromatic rings. The number of rotatable bonds is 3. The number of carbonyl (C=O) groups excluding carboxylic acids is 1. The van der Waals surface area contributed by atoms with E-state index in [2.05, 4.69) is 10.3 Å². The molecule has 1 N–H and O–H groups in total. The second-order valence-electron chi connectivity index (χ2n) is 6.39. The Morgan fingerprint density at radius 1 is 1.29 bits per heavy atom. The molecule has 24 heavy (non-hydrogen) atoms. The van der Waals surface area contributed by atoms with Gasteiger partial charge in [-0.1, -0.05) is 0 Å². The van der Waals surface area contributed by atoms with Gasteiger partial charge in [0.25, 0.3) is 0 Å². The molecule has 3 rings (SSSR count). The quantitative estimate of drug-likeness (QED) is 0.916. The highest BCUT2D eigenvalue weighted by molar-refractivity contribution is 5.99. The summed E-state index contributed by atoms with van der Waals surface area (Å²) < 4.78 is 42.3. The van der Waals surface area contributed by atoms with Gasteiger partial charge in [0.15, 0.2) is 6.10 Å². The molecule has 0 radical (unpaired) electrons. The van der Waals surface area contributed by atoms with E-state index in [1.807, 2.05) is 0 Å². The largest absolute Gasteiger partial charge is 0.465 e. The number of carbonyl (C=O) groups is 1. The number of nitrogens with zero attached hydrogens (tertiary/aromatic N) is 2. The van der Waals surface area contributed by atoms with E-state index in [1.165, 1.54) is 12.3 Å². The van der Waals surface area contributed by atoms with E-state index in [4.69, 9.17) is 4.74 Å². The number of hydrogen-bond acceptors (Lipinski definition) is 4. The SMILES string of the molecule is CC(Oc1ccc(N2CCC3(CCNCC3)C2=O)cn1)C(F)(F)F. The fourth-order valence-corrected chi connectivity index (χ4v) is 3.29. The van der Waals surface area contributed by atoms with Gasteiger partial charge in [0.2, 0.25) is 11.8 Å². The first-order valence-corrected chi connectivity index (χ1v) is 8.04. The Balaban J connectivity index is 1.69. The van der Waals surface area contributed by atoms with Crippen LogP contribution in [0.3, 0.4) is 0 Å². The summed E-state index contributed by atoms with van der Waals surface area (Å²) in [6.45, 7) is 3.21. The standard InChI is InChI=1S/C16H20F3N3O2/c1-11(16(17,18)19)24-13-3-2-12(10-21-13)22-9-6-15(14(22)23)4-7-20-8-5-15/h2-3,10-11,20H,4-9H2,1H3. The fourth-order valence-electron chi connectivity index (χ4n) is 3.29. The number of nitrogens with one attached hydrogen (secondary N) is 1. The molecule has 0 aliphatic carbocycles. The van der Waals surface area contributed by atoms with Gasteiger partial charge in [-0.3, -0.25) is 4.79 Å². The molecule has 1 unspecified atom stereocenters. The van der Waals surface area contributed by atoms with Crippen molar-refractivity contribution in [3.05, 3.63) is 18.3 Å². The van der Waals surface area contributed by atoms with Crippen molar-refractivity contribution in [3.8, 4) is 5.88 Å². The second kappa shape index (κ2) is 6.23. The molecule has 1 atom stereocenters. The van der Waals surface area contributed by atoms with Crippen molar-refractivity contribution in [1.82, 2.24) is 10.3 Å². The Hall–Kier alpha value is -1.83. The molecule has 8 heteroatoms. The molecule has 0 aromatic carbocycles. The Kier molecular flexibility index (Phi) is 4.42. The molecule has 132 valence electrons. The number of ether oxygens (including phenoxy) is 1. The summed E-state index contributed by atoms with van der Waals surface area (Å²) in [5.74, 6) is -0.0186. The van der Waals surface area contributed by atoms with Gasteiger partial charge in [-0.15, -0.1) is 0 Å². The van der Waals surface area contributed by atoms with Gasteiger partial charge in [-0.05, 0) is 45.3 Å². The Morgan fingerprint density at radius 2 is 2.00 bits per heavy atom. The Bertz CT molecular complexity index is 598.